The fourth-order valence-corrected chi connectivity index (χ4v) is 5.17. The van der Waals surface area contributed by atoms with Gasteiger partial charge in [0.25, 0.3) is 5.91 Å². The summed E-state index contributed by atoms with van der Waals surface area (Å²) in [5, 5.41) is 15.1. The number of likely N-dealkylation sites (tertiary alicyclic amines) is 1. The van der Waals surface area contributed by atoms with Gasteiger partial charge in [-0.15, -0.1) is 0 Å². The molecular weight excluding hydrogens is 487 g/mol. The van der Waals surface area contributed by atoms with Crippen molar-refractivity contribution in [1.82, 2.24) is 24.5 Å². The minimum absolute atomic E-state index is 0.0748. The number of aliphatic imine (C=N–C) groups is 1. The number of piperidine rings is 1. The predicted octanol–water partition coefficient (Wildman–Crippen LogP) is 3.32. The fraction of sp³-hybridized carbons (Fsp3) is 0.480. The molecule has 37 heavy (non-hydrogen) atoms. The molecule has 0 aliphatic carbocycles. The number of nitrogens with zero attached hydrogens (tertiary/aromatic N) is 7. The molecule has 12 heteroatoms. The first kappa shape index (κ1) is 25.1. The number of aliphatic hydroxyl groups is 1. The highest BCUT2D eigenvalue weighted by Crippen LogP contribution is 2.33. The number of amides is 1. The SMILES string of the molecule is C/N=C\C1CN(c2nc3cc([C@@H]4CCCCN4C(=O)c4cccc(C(F)(F)F)n4)nn3cc2C)C[C@@H]1O. The number of alkyl halides is 3. The maximum atomic E-state index is 13.3. The van der Waals surface area contributed by atoms with Gasteiger partial charge in [0.15, 0.2) is 5.65 Å². The maximum Gasteiger partial charge on any atom is 0.433 e. The lowest BCUT2D eigenvalue weighted by Gasteiger charge is -2.34. The van der Waals surface area contributed by atoms with E-state index in [2.05, 4.69) is 15.1 Å². The van der Waals surface area contributed by atoms with E-state index in [9.17, 15) is 23.1 Å². The van der Waals surface area contributed by atoms with E-state index in [1.54, 1.807) is 22.7 Å². The molecule has 3 atom stereocenters. The number of aromatic nitrogens is 4. The van der Waals surface area contributed by atoms with Crippen LogP contribution in [-0.2, 0) is 6.18 Å². The van der Waals surface area contributed by atoms with E-state index in [-0.39, 0.29) is 11.6 Å². The molecule has 3 aromatic heterocycles. The average Bonchev–Trinajstić information content (AvgIpc) is 3.45. The molecule has 2 saturated heterocycles. The van der Waals surface area contributed by atoms with E-state index >= 15 is 0 Å². The van der Waals surface area contributed by atoms with Crippen molar-refractivity contribution >= 4 is 23.6 Å². The van der Waals surface area contributed by atoms with Crippen LogP contribution < -0.4 is 4.90 Å². The molecule has 9 nitrogen and oxygen atoms in total. The van der Waals surface area contributed by atoms with Crippen LogP contribution in [-0.4, -0.2) is 74.5 Å². The van der Waals surface area contributed by atoms with Gasteiger partial charge in [-0.2, -0.15) is 18.3 Å². The molecule has 0 aromatic carbocycles. The lowest BCUT2D eigenvalue weighted by molar-refractivity contribution is -0.141. The van der Waals surface area contributed by atoms with E-state index in [1.807, 2.05) is 24.1 Å². The number of fused-ring (bicyclic) bond motifs is 1. The van der Waals surface area contributed by atoms with Gasteiger partial charge >= 0.3 is 6.18 Å². The maximum absolute atomic E-state index is 13.3. The second-order valence-corrected chi connectivity index (χ2v) is 9.58. The number of halogens is 3. The Morgan fingerprint density at radius 1 is 1.22 bits per heavy atom. The van der Waals surface area contributed by atoms with E-state index < -0.39 is 29.9 Å². The zero-order valence-corrected chi connectivity index (χ0v) is 20.6. The summed E-state index contributed by atoms with van der Waals surface area (Å²) in [4.78, 5) is 29.3. The zero-order valence-electron chi connectivity index (χ0n) is 20.6. The van der Waals surface area contributed by atoms with Crippen LogP contribution in [0.3, 0.4) is 0 Å². The Kier molecular flexibility index (Phi) is 6.61. The molecule has 0 bridgehead atoms. The molecular formula is C25H28F3N7O2. The normalized spacial score (nSPS) is 22.9. The van der Waals surface area contributed by atoms with Gasteiger partial charge in [0, 0.05) is 56.6 Å². The minimum Gasteiger partial charge on any atom is -0.391 e. The molecule has 2 aliphatic rings. The van der Waals surface area contributed by atoms with Crippen molar-refractivity contribution in [2.75, 3.05) is 31.6 Å². The summed E-state index contributed by atoms with van der Waals surface area (Å²) in [6, 6.07) is 4.78. The van der Waals surface area contributed by atoms with Gasteiger partial charge in [-0.3, -0.25) is 4.79 Å². The highest BCUT2D eigenvalue weighted by molar-refractivity contribution is 5.92. The second-order valence-electron chi connectivity index (χ2n) is 9.58. The monoisotopic (exact) mass is 515 g/mol. The molecule has 0 radical (unpaired) electrons. The highest BCUT2D eigenvalue weighted by Gasteiger charge is 2.36. The lowest BCUT2D eigenvalue weighted by Crippen LogP contribution is -2.39. The Morgan fingerprint density at radius 2 is 2.03 bits per heavy atom. The molecule has 0 saturated carbocycles. The quantitative estimate of drug-likeness (QED) is 0.536. The molecule has 5 heterocycles. The molecule has 2 fully saturated rings. The van der Waals surface area contributed by atoms with Crippen molar-refractivity contribution in [3.05, 3.63) is 53.1 Å². The summed E-state index contributed by atoms with van der Waals surface area (Å²) in [5.74, 6) is 0.122. The molecule has 1 N–H and O–H groups in total. The minimum atomic E-state index is -4.63. The first-order valence-corrected chi connectivity index (χ1v) is 12.2. The van der Waals surface area contributed by atoms with Crippen LogP contribution in [0.1, 0.15) is 52.7 Å². The van der Waals surface area contributed by atoms with Crippen molar-refractivity contribution in [2.45, 2.75) is 44.5 Å². The van der Waals surface area contributed by atoms with Gasteiger partial charge in [-0.25, -0.2) is 14.5 Å². The second kappa shape index (κ2) is 9.73. The molecule has 1 unspecified atom stereocenters. The third kappa shape index (κ3) is 4.89. The van der Waals surface area contributed by atoms with Crippen LogP contribution in [0.2, 0.25) is 0 Å². The Balaban J connectivity index is 1.44. The Morgan fingerprint density at radius 3 is 2.78 bits per heavy atom. The van der Waals surface area contributed by atoms with Crippen LogP contribution in [0.25, 0.3) is 5.65 Å². The van der Waals surface area contributed by atoms with Crippen LogP contribution in [0.15, 0.2) is 35.5 Å². The number of β-amino-alcohol motifs (C(OH)–C–C–N with tert-alkyl or cyclic N) is 1. The first-order valence-electron chi connectivity index (χ1n) is 12.2. The average molecular weight is 516 g/mol. The van der Waals surface area contributed by atoms with E-state index in [4.69, 9.17) is 4.98 Å². The number of anilines is 1. The molecule has 196 valence electrons. The molecule has 0 spiro atoms. The van der Waals surface area contributed by atoms with Gasteiger partial charge in [-0.05, 0) is 38.3 Å². The molecule has 2 aliphatic heterocycles. The third-order valence-electron chi connectivity index (χ3n) is 6.96. The summed E-state index contributed by atoms with van der Waals surface area (Å²) >= 11 is 0. The van der Waals surface area contributed by atoms with Crippen molar-refractivity contribution in [3.8, 4) is 0 Å². The number of aliphatic hydroxyl groups excluding tert-OH is 1. The van der Waals surface area contributed by atoms with E-state index in [0.717, 1.165) is 30.3 Å². The standard InChI is InChI=1S/C25H28F3N7O2/c1-15-12-35-22(31-23(15)33-13-16(11-29-2)20(36)14-33)10-18(32-35)19-7-3-4-9-34(19)24(37)17-6-5-8-21(30-17)25(26,27)28/h5-6,8,10-12,16,19-20,36H,3-4,7,9,13-14H2,1-2H3/b29-11-/t16?,19-,20-/m0/s1. The summed E-state index contributed by atoms with van der Waals surface area (Å²) < 4.78 is 41.1. The van der Waals surface area contributed by atoms with Crippen molar-refractivity contribution in [3.63, 3.8) is 0 Å². The Hall–Kier alpha value is -3.54. The number of rotatable bonds is 4. The van der Waals surface area contributed by atoms with Crippen LogP contribution in [0.4, 0.5) is 19.0 Å². The van der Waals surface area contributed by atoms with Crippen LogP contribution >= 0.6 is 0 Å². The number of carbonyl (C=O) groups is 1. The molecule has 3 aromatic rings. The summed E-state index contributed by atoms with van der Waals surface area (Å²) in [5.41, 5.74) is 0.772. The van der Waals surface area contributed by atoms with E-state index in [1.165, 1.54) is 12.1 Å². The number of aryl methyl sites for hydroxylation is 1. The van der Waals surface area contributed by atoms with Crippen LogP contribution in [0, 0.1) is 12.8 Å². The first-order chi connectivity index (χ1) is 17.7. The highest BCUT2D eigenvalue weighted by atomic mass is 19.4. The Labute approximate surface area is 211 Å². The predicted molar refractivity (Wildman–Crippen MR) is 131 cm³/mol. The van der Waals surface area contributed by atoms with Crippen molar-refractivity contribution < 1.29 is 23.1 Å². The van der Waals surface area contributed by atoms with Crippen molar-refractivity contribution in [2.24, 2.45) is 10.9 Å². The van der Waals surface area contributed by atoms with Gasteiger partial charge in [-0.1, -0.05) is 6.07 Å². The Bertz CT molecular complexity index is 1340. The van der Waals surface area contributed by atoms with E-state index in [0.29, 0.717) is 37.4 Å². The van der Waals surface area contributed by atoms with Gasteiger partial charge in [0.05, 0.1) is 17.8 Å². The number of hydrogen-bond acceptors (Lipinski definition) is 7. The largest absolute Gasteiger partial charge is 0.433 e. The molecule has 1 amide bonds. The lowest BCUT2D eigenvalue weighted by atomic mass is 9.99. The smallest absolute Gasteiger partial charge is 0.391 e. The summed E-state index contributed by atoms with van der Waals surface area (Å²) in [7, 11) is 1.68. The topological polar surface area (TPSA) is 99.2 Å². The number of hydrogen-bond donors (Lipinski definition) is 1. The van der Waals surface area contributed by atoms with Gasteiger partial charge in [0.2, 0.25) is 0 Å². The fourth-order valence-electron chi connectivity index (χ4n) is 5.17. The third-order valence-corrected chi connectivity index (χ3v) is 6.96. The summed E-state index contributed by atoms with van der Waals surface area (Å²) in [6.07, 6.45) is 0.693. The number of carbonyl (C=O) groups excluding carboxylic acids is 1. The van der Waals surface area contributed by atoms with Gasteiger partial charge < -0.3 is 19.9 Å². The molecule has 5 rings (SSSR count). The van der Waals surface area contributed by atoms with Gasteiger partial charge in [0.1, 0.15) is 17.2 Å². The number of pyridine rings is 1. The zero-order chi connectivity index (χ0) is 26.3. The van der Waals surface area contributed by atoms with Crippen molar-refractivity contribution in [1.29, 1.82) is 0 Å². The summed E-state index contributed by atoms with van der Waals surface area (Å²) in [6.45, 7) is 3.36. The van der Waals surface area contributed by atoms with Crippen LogP contribution in [0.5, 0.6) is 0 Å².